The Morgan fingerprint density at radius 2 is 1.94 bits per heavy atom. The lowest BCUT2D eigenvalue weighted by Crippen LogP contribution is -2.51. The van der Waals surface area contributed by atoms with Crippen molar-refractivity contribution in [1.29, 1.82) is 0 Å². The molecule has 0 fully saturated rings. The number of carbonyl (C=O) groups excluding carboxylic acids is 2. The first-order valence-electron chi connectivity index (χ1n) is 10.6. The Hall–Kier alpha value is -4.00. The van der Waals surface area contributed by atoms with Gasteiger partial charge in [-0.15, -0.1) is 0 Å². The number of alkyl halides is 3. The van der Waals surface area contributed by atoms with Gasteiger partial charge in [0.2, 0.25) is 11.5 Å². The highest BCUT2D eigenvalue weighted by Gasteiger charge is 2.57. The van der Waals surface area contributed by atoms with Crippen LogP contribution >= 0.6 is 0 Å². The number of amides is 2. The molecule has 1 aliphatic heterocycles. The number of hydrogen-bond donors (Lipinski definition) is 3. The van der Waals surface area contributed by atoms with Crippen molar-refractivity contribution in [1.82, 2.24) is 20.1 Å². The molecule has 2 atom stereocenters. The highest BCUT2D eigenvalue weighted by molar-refractivity contribution is 5.93. The van der Waals surface area contributed by atoms with E-state index in [0.29, 0.717) is 0 Å². The number of nitrogens with one attached hydrogen (secondary N) is 1. The first kappa shape index (κ1) is 25.1. The van der Waals surface area contributed by atoms with Gasteiger partial charge in [-0.1, -0.05) is 0 Å². The van der Waals surface area contributed by atoms with Gasteiger partial charge >= 0.3 is 6.18 Å². The lowest BCUT2D eigenvalue weighted by atomic mass is 9.81. The molecule has 1 unspecified atom stereocenters. The zero-order valence-electron chi connectivity index (χ0n) is 19.1. The van der Waals surface area contributed by atoms with E-state index in [9.17, 15) is 32.3 Å². The summed E-state index contributed by atoms with van der Waals surface area (Å²) in [6.07, 6.45) is -2.87. The number of aromatic nitrogens is 3. The van der Waals surface area contributed by atoms with Gasteiger partial charge in [0.15, 0.2) is 0 Å². The van der Waals surface area contributed by atoms with Gasteiger partial charge in [0.25, 0.3) is 5.91 Å². The Labute approximate surface area is 201 Å². The predicted molar refractivity (Wildman–Crippen MR) is 117 cm³/mol. The molecule has 0 aliphatic carbocycles. The highest BCUT2D eigenvalue weighted by atomic mass is 19.4. The van der Waals surface area contributed by atoms with Crippen LogP contribution in [0.1, 0.15) is 28.5 Å². The van der Waals surface area contributed by atoms with E-state index in [2.05, 4.69) is 15.4 Å². The van der Waals surface area contributed by atoms with Crippen molar-refractivity contribution in [2.45, 2.75) is 24.1 Å². The molecule has 0 saturated heterocycles. The number of aryl methyl sites for hydroxylation is 1. The average Bonchev–Trinajstić information content (AvgIpc) is 3.41. The molecule has 190 valence electrons. The molecule has 0 bridgehead atoms. The van der Waals surface area contributed by atoms with E-state index in [1.54, 1.807) is 0 Å². The maximum Gasteiger partial charge on any atom is 0.424 e. The number of ether oxygens (including phenoxy) is 1. The van der Waals surface area contributed by atoms with Gasteiger partial charge < -0.3 is 20.9 Å². The van der Waals surface area contributed by atoms with E-state index in [0.717, 1.165) is 24.4 Å². The van der Waals surface area contributed by atoms with Crippen molar-refractivity contribution in [2.75, 3.05) is 13.2 Å². The average molecular weight is 507 g/mol. The van der Waals surface area contributed by atoms with Gasteiger partial charge in [-0.25, -0.2) is 9.37 Å². The number of benzene rings is 1. The Morgan fingerprint density at radius 1 is 1.28 bits per heavy atom. The van der Waals surface area contributed by atoms with Gasteiger partial charge in [0.05, 0.1) is 24.0 Å². The number of nitrogens with two attached hydrogens (primary N) is 1. The number of rotatable bonds is 6. The van der Waals surface area contributed by atoms with Crippen LogP contribution in [-0.2, 0) is 22.9 Å². The number of halogens is 4. The first-order valence-corrected chi connectivity index (χ1v) is 10.6. The molecule has 1 aromatic carbocycles. The molecule has 36 heavy (non-hydrogen) atoms. The fourth-order valence-electron chi connectivity index (χ4n) is 3.79. The fraction of sp³-hybridized carbons (Fsp3) is 0.304. The summed E-state index contributed by atoms with van der Waals surface area (Å²) in [4.78, 5) is 28.6. The Balaban J connectivity index is 1.86. The van der Waals surface area contributed by atoms with E-state index in [4.69, 9.17) is 10.5 Å². The minimum Gasteiger partial charge on any atom is -0.489 e. The zero-order valence-corrected chi connectivity index (χ0v) is 19.1. The van der Waals surface area contributed by atoms with Gasteiger partial charge in [-0.05, 0) is 37.3 Å². The van der Waals surface area contributed by atoms with Crippen molar-refractivity contribution < 1.29 is 37.0 Å². The standard InChI is InChI=1S/C23H21F4N5O4/c1-21(20(28)34)11-36-18-15(21)7-16(31-17(18)12-3-5-14(24)6-4-12)22(35,23(25,26)27)10-29-19(33)13-8-30-32(2)9-13/h3-9,35H,10-11H2,1-2H3,(H2,28,34)(H,29,33)/t21-,22?/m0/s1. The minimum absolute atomic E-state index is 0.0180. The first-order chi connectivity index (χ1) is 16.8. The summed E-state index contributed by atoms with van der Waals surface area (Å²) in [7, 11) is 1.52. The summed E-state index contributed by atoms with van der Waals surface area (Å²) in [6, 6.07) is 5.57. The van der Waals surface area contributed by atoms with Crippen LogP contribution in [0.2, 0.25) is 0 Å². The number of carbonyl (C=O) groups is 2. The SMILES string of the molecule is Cn1cc(C(=O)NCC(O)(c2cc3c(c(-c4ccc(F)cc4)n2)OC[C@]3(C)C(N)=O)C(F)(F)F)cn1. The molecule has 3 aromatic rings. The number of fused-ring (bicyclic) bond motifs is 1. The van der Waals surface area contributed by atoms with Crippen molar-refractivity contribution in [3.63, 3.8) is 0 Å². The monoisotopic (exact) mass is 507 g/mol. The van der Waals surface area contributed by atoms with Crippen LogP contribution in [0.4, 0.5) is 17.6 Å². The smallest absolute Gasteiger partial charge is 0.424 e. The second-order valence-electron chi connectivity index (χ2n) is 8.67. The van der Waals surface area contributed by atoms with Crippen LogP contribution < -0.4 is 15.8 Å². The van der Waals surface area contributed by atoms with Gasteiger partial charge in [0.1, 0.15) is 29.3 Å². The number of primary amides is 1. The summed E-state index contributed by atoms with van der Waals surface area (Å²) >= 11 is 0. The highest BCUT2D eigenvalue weighted by Crippen LogP contribution is 2.47. The molecule has 2 amide bonds. The summed E-state index contributed by atoms with van der Waals surface area (Å²) in [5.41, 5.74) is -0.619. The third kappa shape index (κ3) is 4.15. The van der Waals surface area contributed by atoms with Crippen LogP contribution in [0.15, 0.2) is 42.7 Å². The lowest BCUT2D eigenvalue weighted by Gasteiger charge is -2.31. The second-order valence-corrected chi connectivity index (χ2v) is 8.67. The van der Waals surface area contributed by atoms with E-state index in [1.165, 1.54) is 37.0 Å². The lowest BCUT2D eigenvalue weighted by molar-refractivity contribution is -0.265. The van der Waals surface area contributed by atoms with E-state index in [1.807, 2.05) is 0 Å². The fourth-order valence-corrected chi connectivity index (χ4v) is 3.79. The molecular formula is C23H21F4N5O4. The molecule has 1 aliphatic rings. The summed E-state index contributed by atoms with van der Waals surface area (Å²) in [6.45, 7) is -0.192. The number of nitrogens with zero attached hydrogens (tertiary/aromatic N) is 3. The molecule has 4 N–H and O–H groups in total. The molecule has 2 aromatic heterocycles. The van der Waals surface area contributed by atoms with Gasteiger partial charge in [-0.2, -0.15) is 18.3 Å². The molecule has 4 rings (SSSR count). The quantitative estimate of drug-likeness (QED) is 0.437. The second kappa shape index (κ2) is 8.59. The van der Waals surface area contributed by atoms with Crippen molar-refractivity contribution in [2.24, 2.45) is 12.8 Å². The number of aliphatic hydroxyl groups is 1. The van der Waals surface area contributed by atoms with Crippen LogP contribution in [0.5, 0.6) is 5.75 Å². The van der Waals surface area contributed by atoms with Crippen molar-refractivity contribution in [3.05, 3.63) is 65.4 Å². The Kier molecular flexibility index (Phi) is 5.99. The molecule has 13 heteroatoms. The third-order valence-electron chi connectivity index (χ3n) is 6.10. The Bertz CT molecular complexity index is 1340. The summed E-state index contributed by atoms with van der Waals surface area (Å²) in [5.74, 6) is -2.39. The van der Waals surface area contributed by atoms with Crippen LogP contribution in [0.3, 0.4) is 0 Å². The van der Waals surface area contributed by atoms with Crippen molar-refractivity contribution in [3.8, 4) is 17.0 Å². The third-order valence-corrected chi connectivity index (χ3v) is 6.10. The number of hydrogen-bond acceptors (Lipinski definition) is 6. The minimum atomic E-state index is -5.31. The maximum atomic E-state index is 14.3. The van der Waals surface area contributed by atoms with Crippen LogP contribution in [0.25, 0.3) is 11.3 Å². The largest absolute Gasteiger partial charge is 0.489 e. The summed E-state index contributed by atoms with van der Waals surface area (Å²) in [5, 5.41) is 16.8. The van der Waals surface area contributed by atoms with E-state index < -0.39 is 47.1 Å². The van der Waals surface area contributed by atoms with E-state index in [-0.39, 0.29) is 34.7 Å². The van der Waals surface area contributed by atoms with Gasteiger partial charge in [-0.3, -0.25) is 14.3 Å². The molecule has 0 saturated carbocycles. The molecular weight excluding hydrogens is 486 g/mol. The van der Waals surface area contributed by atoms with Gasteiger partial charge in [0, 0.05) is 24.4 Å². The topological polar surface area (TPSA) is 132 Å². The molecule has 3 heterocycles. The van der Waals surface area contributed by atoms with Crippen LogP contribution in [0, 0.1) is 5.82 Å². The zero-order chi connectivity index (χ0) is 26.5. The molecule has 0 spiro atoms. The van der Waals surface area contributed by atoms with Crippen LogP contribution in [-0.4, -0.2) is 51.0 Å². The van der Waals surface area contributed by atoms with E-state index >= 15 is 0 Å². The number of pyridine rings is 1. The normalized spacial score (nSPS) is 18.8. The van der Waals surface area contributed by atoms with Crippen molar-refractivity contribution >= 4 is 11.8 Å². The Morgan fingerprint density at radius 3 is 2.50 bits per heavy atom. The summed E-state index contributed by atoms with van der Waals surface area (Å²) < 4.78 is 63.3. The predicted octanol–water partition coefficient (Wildman–Crippen LogP) is 1.94. The molecule has 0 radical (unpaired) electrons. The maximum absolute atomic E-state index is 14.3. The molecule has 9 nitrogen and oxygen atoms in total.